The van der Waals surface area contributed by atoms with Crippen molar-refractivity contribution >= 4 is 5.97 Å². The molecule has 0 radical (unpaired) electrons. The molecule has 0 saturated heterocycles. The van der Waals surface area contributed by atoms with Crippen LogP contribution in [0.5, 0.6) is 0 Å². The molecular weight excluding hydrogens is 204 g/mol. The number of hydrogen-bond donors (Lipinski definition) is 3. The number of aliphatic hydroxyl groups is 2. The highest BCUT2D eigenvalue weighted by atomic mass is 16.7. The Morgan fingerprint density at radius 1 is 1.67 bits per heavy atom. The van der Waals surface area contributed by atoms with Gasteiger partial charge in [-0.3, -0.25) is 4.79 Å². The van der Waals surface area contributed by atoms with Gasteiger partial charge in [0.2, 0.25) is 0 Å². The third-order valence-corrected chi connectivity index (χ3v) is 1.94. The Morgan fingerprint density at radius 3 is 2.87 bits per heavy atom. The van der Waals surface area contributed by atoms with Crippen molar-refractivity contribution in [2.24, 2.45) is 0 Å². The number of ether oxygens (including phenoxy) is 2. The summed E-state index contributed by atoms with van der Waals surface area (Å²) in [7, 11) is 0. The van der Waals surface area contributed by atoms with Crippen molar-refractivity contribution in [2.45, 2.75) is 31.8 Å². The molecule has 0 aromatic carbocycles. The monoisotopic (exact) mass is 218 g/mol. The minimum Gasteiger partial charge on any atom is -0.510 e. The van der Waals surface area contributed by atoms with Crippen LogP contribution in [0, 0.1) is 0 Å². The Labute approximate surface area is 86.7 Å². The second-order valence-corrected chi connectivity index (χ2v) is 3.13. The Kier molecular flexibility index (Phi) is 4.07. The average molecular weight is 218 g/mol. The van der Waals surface area contributed by atoms with Crippen molar-refractivity contribution in [1.82, 2.24) is 0 Å². The summed E-state index contributed by atoms with van der Waals surface area (Å²) in [5.74, 6) is -1.37. The molecule has 0 fully saturated rings. The van der Waals surface area contributed by atoms with Crippen LogP contribution in [0.4, 0.5) is 0 Å². The Balaban J connectivity index is 2.66. The summed E-state index contributed by atoms with van der Waals surface area (Å²) >= 11 is 0. The molecule has 3 atom stereocenters. The zero-order valence-corrected chi connectivity index (χ0v) is 8.29. The third kappa shape index (κ3) is 3.19. The molecule has 0 spiro atoms. The average Bonchev–Trinajstić information content (AvgIpc) is 2.12. The maximum absolute atomic E-state index is 10.4. The first-order valence-electron chi connectivity index (χ1n) is 4.62. The van der Waals surface area contributed by atoms with Crippen molar-refractivity contribution < 1.29 is 29.6 Å². The predicted octanol–water partition coefficient (Wildman–Crippen LogP) is 0.0253. The summed E-state index contributed by atoms with van der Waals surface area (Å²) in [5, 5.41) is 27.3. The van der Waals surface area contributed by atoms with Crippen molar-refractivity contribution in [3.05, 3.63) is 11.8 Å². The van der Waals surface area contributed by atoms with Gasteiger partial charge in [0.15, 0.2) is 6.29 Å². The third-order valence-electron chi connectivity index (χ3n) is 1.94. The lowest BCUT2D eigenvalue weighted by atomic mass is 10.1. The van der Waals surface area contributed by atoms with Gasteiger partial charge >= 0.3 is 5.97 Å². The molecule has 1 heterocycles. The highest BCUT2D eigenvalue weighted by molar-refractivity contribution is 5.67. The largest absolute Gasteiger partial charge is 0.510 e. The first-order chi connectivity index (χ1) is 7.04. The van der Waals surface area contributed by atoms with Crippen LogP contribution in [0.3, 0.4) is 0 Å². The van der Waals surface area contributed by atoms with Crippen LogP contribution in [0.1, 0.15) is 13.3 Å². The molecule has 0 amide bonds. The predicted molar refractivity (Wildman–Crippen MR) is 49.3 cm³/mol. The van der Waals surface area contributed by atoms with Gasteiger partial charge in [0, 0.05) is 6.61 Å². The van der Waals surface area contributed by atoms with E-state index in [0.717, 1.165) is 6.08 Å². The van der Waals surface area contributed by atoms with E-state index in [2.05, 4.69) is 0 Å². The van der Waals surface area contributed by atoms with Crippen molar-refractivity contribution in [1.29, 1.82) is 0 Å². The molecule has 1 aliphatic rings. The molecule has 3 N–H and O–H groups in total. The second-order valence-electron chi connectivity index (χ2n) is 3.13. The number of carboxylic acid groups (broad SMARTS) is 1. The van der Waals surface area contributed by atoms with Gasteiger partial charge in [-0.2, -0.15) is 0 Å². The quantitative estimate of drug-likeness (QED) is 0.615. The van der Waals surface area contributed by atoms with E-state index in [9.17, 15) is 15.0 Å². The van der Waals surface area contributed by atoms with Crippen molar-refractivity contribution in [3.8, 4) is 0 Å². The van der Waals surface area contributed by atoms with Crippen LogP contribution in [-0.2, 0) is 14.3 Å². The lowest BCUT2D eigenvalue weighted by molar-refractivity contribution is -0.213. The van der Waals surface area contributed by atoms with Crippen LogP contribution in [0.2, 0.25) is 0 Å². The number of carboxylic acids is 1. The smallest absolute Gasteiger partial charge is 0.306 e. The molecule has 0 aliphatic carbocycles. The molecule has 0 saturated carbocycles. The minimum absolute atomic E-state index is 0.277. The zero-order valence-electron chi connectivity index (χ0n) is 8.29. The number of carbonyl (C=O) groups is 1. The number of rotatable bonds is 4. The number of aliphatic carboxylic acids is 1. The molecule has 0 aromatic heterocycles. The molecule has 15 heavy (non-hydrogen) atoms. The van der Waals surface area contributed by atoms with Gasteiger partial charge in [0.25, 0.3) is 0 Å². The fourth-order valence-electron chi connectivity index (χ4n) is 1.29. The fourth-order valence-corrected chi connectivity index (χ4v) is 1.29. The first-order valence-corrected chi connectivity index (χ1v) is 4.62. The van der Waals surface area contributed by atoms with E-state index < -0.39 is 24.5 Å². The lowest BCUT2D eigenvalue weighted by Crippen LogP contribution is -2.40. The molecule has 6 nitrogen and oxygen atoms in total. The normalized spacial score (nSPS) is 31.1. The molecule has 0 aromatic rings. The van der Waals surface area contributed by atoms with E-state index in [1.54, 1.807) is 6.92 Å². The Hall–Kier alpha value is -1.11. The molecule has 2 unspecified atom stereocenters. The summed E-state index contributed by atoms with van der Waals surface area (Å²) in [6, 6.07) is 0. The number of aliphatic hydroxyl groups excluding tert-OH is 2. The van der Waals surface area contributed by atoms with Gasteiger partial charge < -0.3 is 24.8 Å². The summed E-state index contributed by atoms with van der Waals surface area (Å²) in [5.41, 5.74) is 0. The Bertz CT molecular complexity index is 261. The summed E-state index contributed by atoms with van der Waals surface area (Å²) in [4.78, 5) is 10.4. The zero-order chi connectivity index (χ0) is 11.4. The van der Waals surface area contributed by atoms with E-state index in [-0.39, 0.29) is 12.2 Å². The van der Waals surface area contributed by atoms with Gasteiger partial charge in [-0.15, -0.1) is 0 Å². The van der Waals surface area contributed by atoms with E-state index in [1.807, 2.05) is 0 Å². The summed E-state index contributed by atoms with van der Waals surface area (Å²) in [6.45, 7) is 2.05. The van der Waals surface area contributed by atoms with E-state index in [0.29, 0.717) is 6.61 Å². The van der Waals surface area contributed by atoms with Crippen LogP contribution >= 0.6 is 0 Å². The fraction of sp³-hybridized carbons (Fsp3) is 0.667. The van der Waals surface area contributed by atoms with E-state index >= 15 is 0 Å². The molecule has 86 valence electrons. The molecule has 1 aliphatic heterocycles. The standard InChI is InChI=1S/C9H14O6/c1-2-14-9-6(11)3-5(10)7(15-9)4-8(12)13/h3,6-7,9-11H,2,4H2,1H3,(H,12,13)/t6?,7?,9-/m1/s1. The van der Waals surface area contributed by atoms with Gasteiger partial charge in [0.05, 0.1) is 6.42 Å². The lowest BCUT2D eigenvalue weighted by Gasteiger charge is -2.30. The minimum atomic E-state index is -1.09. The van der Waals surface area contributed by atoms with E-state index in [4.69, 9.17) is 14.6 Å². The highest BCUT2D eigenvalue weighted by Crippen LogP contribution is 2.21. The Morgan fingerprint density at radius 2 is 2.33 bits per heavy atom. The van der Waals surface area contributed by atoms with Crippen LogP contribution in [-0.4, -0.2) is 46.4 Å². The maximum atomic E-state index is 10.4. The molecular formula is C9H14O6. The molecule has 6 heteroatoms. The second kappa shape index (κ2) is 5.11. The molecule has 0 bridgehead atoms. The van der Waals surface area contributed by atoms with Crippen molar-refractivity contribution in [2.75, 3.05) is 6.61 Å². The van der Waals surface area contributed by atoms with Crippen LogP contribution in [0.25, 0.3) is 0 Å². The van der Waals surface area contributed by atoms with Gasteiger partial charge in [-0.1, -0.05) is 0 Å². The summed E-state index contributed by atoms with van der Waals surface area (Å²) < 4.78 is 10.1. The van der Waals surface area contributed by atoms with Gasteiger partial charge in [-0.25, -0.2) is 0 Å². The maximum Gasteiger partial charge on any atom is 0.306 e. The van der Waals surface area contributed by atoms with Crippen LogP contribution < -0.4 is 0 Å². The highest BCUT2D eigenvalue weighted by Gasteiger charge is 2.32. The SMILES string of the molecule is CCO[C@@H]1OC(CC(=O)O)C(O)=CC1O. The van der Waals surface area contributed by atoms with Gasteiger partial charge in [0.1, 0.15) is 18.0 Å². The molecule has 1 rings (SSSR count). The van der Waals surface area contributed by atoms with Gasteiger partial charge in [-0.05, 0) is 13.0 Å². The van der Waals surface area contributed by atoms with Crippen LogP contribution in [0.15, 0.2) is 11.8 Å². The van der Waals surface area contributed by atoms with E-state index in [1.165, 1.54) is 0 Å². The topological polar surface area (TPSA) is 96.2 Å². The summed E-state index contributed by atoms with van der Waals surface area (Å²) in [6.07, 6.45) is -2.18. The first kappa shape index (κ1) is 12.0. The van der Waals surface area contributed by atoms with Crippen molar-refractivity contribution in [3.63, 3.8) is 0 Å². The number of hydrogen-bond acceptors (Lipinski definition) is 5.